The Bertz CT molecular complexity index is 752. The molecule has 0 unspecified atom stereocenters. The van der Waals surface area contributed by atoms with Crippen LogP contribution in [0.25, 0.3) is 0 Å². The van der Waals surface area contributed by atoms with Gasteiger partial charge >= 0.3 is 5.97 Å². The Labute approximate surface area is 166 Å². The van der Waals surface area contributed by atoms with Crippen molar-refractivity contribution in [1.82, 2.24) is 0 Å². The SMILES string of the molecule is O=C(COC(=O)CCC1CCCCC1)Nc1ccc(Oc2ccccc2)cc1. The molecule has 0 bridgehead atoms. The molecule has 2 aromatic rings. The van der Waals surface area contributed by atoms with E-state index in [2.05, 4.69) is 5.32 Å². The van der Waals surface area contributed by atoms with Crippen LogP contribution in [0.15, 0.2) is 54.6 Å². The van der Waals surface area contributed by atoms with Gasteiger partial charge in [-0.1, -0.05) is 50.3 Å². The predicted octanol–water partition coefficient (Wildman–Crippen LogP) is 5.32. The number of amides is 1. The third kappa shape index (κ3) is 6.72. The molecule has 0 radical (unpaired) electrons. The summed E-state index contributed by atoms with van der Waals surface area (Å²) in [4.78, 5) is 23.8. The first-order valence-corrected chi connectivity index (χ1v) is 9.97. The van der Waals surface area contributed by atoms with Gasteiger partial charge in [0.25, 0.3) is 5.91 Å². The van der Waals surface area contributed by atoms with Crippen LogP contribution in [0, 0.1) is 5.92 Å². The van der Waals surface area contributed by atoms with Crippen molar-refractivity contribution in [3.63, 3.8) is 0 Å². The maximum Gasteiger partial charge on any atom is 0.306 e. The van der Waals surface area contributed by atoms with E-state index in [1.165, 1.54) is 32.1 Å². The number of benzene rings is 2. The molecule has 0 atom stereocenters. The Morgan fingerprint density at radius 1 is 0.893 bits per heavy atom. The zero-order valence-electron chi connectivity index (χ0n) is 16.1. The summed E-state index contributed by atoms with van der Waals surface area (Å²) in [6, 6.07) is 16.5. The fraction of sp³-hybridized carbons (Fsp3) is 0.391. The first kappa shape index (κ1) is 19.9. The van der Waals surface area contributed by atoms with Gasteiger partial charge in [0.15, 0.2) is 6.61 Å². The number of carbonyl (C=O) groups excluding carboxylic acids is 2. The summed E-state index contributed by atoms with van der Waals surface area (Å²) in [6.45, 7) is -0.258. The minimum atomic E-state index is -0.345. The van der Waals surface area contributed by atoms with Gasteiger partial charge in [0.1, 0.15) is 11.5 Å². The minimum absolute atomic E-state index is 0.258. The number of nitrogens with one attached hydrogen (secondary N) is 1. The highest BCUT2D eigenvalue weighted by Gasteiger charge is 2.16. The van der Waals surface area contributed by atoms with E-state index in [1.807, 2.05) is 30.3 Å². The van der Waals surface area contributed by atoms with Gasteiger partial charge in [0.05, 0.1) is 0 Å². The van der Waals surface area contributed by atoms with E-state index >= 15 is 0 Å². The molecule has 1 amide bonds. The number of hydrogen-bond donors (Lipinski definition) is 1. The maximum atomic E-state index is 12.0. The van der Waals surface area contributed by atoms with Crippen molar-refractivity contribution in [3.8, 4) is 11.5 Å². The molecule has 148 valence electrons. The quantitative estimate of drug-likeness (QED) is 0.629. The van der Waals surface area contributed by atoms with Crippen LogP contribution in [0.5, 0.6) is 11.5 Å². The number of rotatable bonds is 8. The fourth-order valence-corrected chi connectivity index (χ4v) is 3.44. The topological polar surface area (TPSA) is 64.6 Å². The van der Waals surface area contributed by atoms with Gasteiger partial charge in [-0.3, -0.25) is 9.59 Å². The van der Waals surface area contributed by atoms with E-state index in [1.54, 1.807) is 24.3 Å². The molecule has 1 aliphatic rings. The van der Waals surface area contributed by atoms with Crippen molar-refractivity contribution >= 4 is 17.6 Å². The standard InChI is InChI=1S/C23H27NO4/c25-22(17-27-23(26)16-11-18-7-3-1-4-8-18)24-19-12-14-21(15-13-19)28-20-9-5-2-6-10-20/h2,5-6,9-10,12-15,18H,1,3-4,7-8,11,16-17H2,(H,24,25). The van der Waals surface area contributed by atoms with Crippen molar-refractivity contribution in [2.24, 2.45) is 5.92 Å². The van der Waals surface area contributed by atoms with Crippen molar-refractivity contribution < 1.29 is 19.1 Å². The van der Waals surface area contributed by atoms with Gasteiger partial charge in [-0.05, 0) is 48.7 Å². The number of esters is 1. The molecule has 2 aromatic carbocycles. The van der Waals surface area contributed by atoms with E-state index in [9.17, 15) is 9.59 Å². The molecule has 0 saturated heterocycles. The van der Waals surface area contributed by atoms with Gasteiger partial charge in [-0.25, -0.2) is 0 Å². The van der Waals surface area contributed by atoms with Crippen molar-refractivity contribution in [2.75, 3.05) is 11.9 Å². The lowest BCUT2D eigenvalue weighted by Gasteiger charge is -2.20. The molecule has 3 rings (SSSR count). The number of anilines is 1. The zero-order valence-corrected chi connectivity index (χ0v) is 16.1. The molecule has 1 saturated carbocycles. The Morgan fingerprint density at radius 2 is 1.57 bits per heavy atom. The Kier molecular flexibility index (Phi) is 7.47. The van der Waals surface area contributed by atoms with Crippen LogP contribution in [0.2, 0.25) is 0 Å². The summed E-state index contributed by atoms with van der Waals surface area (Å²) >= 11 is 0. The lowest BCUT2D eigenvalue weighted by molar-refractivity contribution is -0.147. The van der Waals surface area contributed by atoms with Gasteiger partial charge in [0.2, 0.25) is 0 Å². The molecule has 1 aliphatic carbocycles. The molecular weight excluding hydrogens is 354 g/mol. The number of hydrogen-bond acceptors (Lipinski definition) is 4. The summed E-state index contributed by atoms with van der Waals surface area (Å²) < 4.78 is 10.8. The van der Waals surface area contributed by atoms with Crippen LogP contribution < -0.4 is 10.1 Å². The van der Waals surface area contributed by atoms with Crippen molar-refractivity contribution in [1.29, 1.82) is 0 Å². The highest BCUT2D eigenvalue weighted by atomic mass is 16.5. The van der Waals surface area contributed by atoms with Gasteiger partial charge < -0.3 is 14.8 Å². The Morgan fingerprint density at radius 3 is 2.29 bits per heavy atom. The minimum Gasteiger partial charge on any atom is -0.457 e. The van der Waals surface area contributed by atoms with Crippen molar-refractivity contribution in [3.05, 3.63) is 54.6 Å². The second-order valence-corrected chi connectivity index (χ2v) is 7.19. The normalized spacial score (nSPS) is 14.3. The van der Waals surface area contributed by atoms with Crippen LogP contribution >= 0.6 is 0 Å². The molecule has 0 aromatic heterocycles. The summed E-state index contributed by atoms with van der Waals surface area (Å²) in [6.07, 6.45) is 7.50. The van der Waals surface area contributed by atoms with E-state index < -0.39 is 0 Å². The Balaban J connectivity index is 1.36. The molecule has 1 N–H and O–H groups in total. The number of carbonyl (C=O) groups is 2. The second-order valence-electron chi connectivity index (χ2n) is 7.19. The van der Waals surface area contributed by atoms with Crippen LogP contribution in [-0.4, -0.2) is 18.5 Å². The first-order chi connectivity index (χ1) is 13.7. The van der Waals surface area contributed by atoms with Crippen LogP contribution in [0.3, 0.4) is 0 Å². The largest absolute Gasteiger partial charge is 0.457 e. The Hall–Kier alpha value is -2.82. The van der Waals surface area contributed by atoms with Crippen LogP contribution in [0.4, 0.5) is 5.69 Å². The van der Waals surface area contributed by atoms with E-state index in [0.29, 0.717) is 23.8 Å². The van der Waals surface area contributed by atoms with E-state index in [4.69, 9.17) is 9.47 Å². The summed E-state index contributed by atoms with van der Waals surface area (Å²) in [5, 5.41) is 2.72. The van der Waals surface area contributed by atoms with Gasteiger partial charge in [0, 0.05) is 12.1 Å². The average Bonchev–Trinajstić information content (AvgIpc) is 2.74. The van der Waals surface area contributed by atoms with Crippen LogP contribution in [0.1, 0.15) is 44.9 Å². The smallest absolute Gasteiger partial charge is 0.306 e. The number of para-hydroxylation sites is 1. The lowest BCUT2D eigenvalue weighted by Crippen LogP contribution is -2.21. The summed E-state index contributed by atoms with van der Waals surface area (Å²) in [7, 11) is 0. The van der Waals surface area contributed by atoms with E-state index in [0.717, 1.165) is 12.2 Å². The monoisotopic (exact) mass is 381 g/mol. The molecule has 5 nitrogen and oxygen atoms in total. The number of ether oxygens (including phenoxy) is 2. The average molecular weight is 381 g/mol. The molecule has 0 heterocycles. The lowest BCUT2D eigenvalue weighted by atomic mass is 9.86. The fourth-order valence-electron chi connectivity index (χ4n) is 3.44. The predicted molar refractivity (Wildman–Crippen MR) is 108 cm³/mol. The highest BCUT2D eigenvalue weighted by molar-refractivity contribution is 5.92. The third-order valence-corrected chi connectivity index (χ3v) is 4.96. The van der Waals surface area contributed by atoms with Crippen LogP contribution in [-0.2, 0) is 14.3 Å². The first-order valence-electron chi connectivity index (χ1n) is 9.97. The van der Waals surface area contributed by atoms with Crippen molar-refractivity contribution in [2.45, 2.75) is 44.9 Å². The van der Waals surface area contributed by atoms with E-state index in [-0.39, 0.29) is 18.5 Å². The highest BCUT2D eigenvalue weighted by Crippen LogP contribution is 2.27. The second kappa shape index (κ2) is 10.5. The summed E-state index contributed by atoms with van der Waals surface area (Å²) in [5.41, 5.74) is 0.628. The molecule has 5 heteroatoms. The van der Waals surface area contributed by atoms with Gasteiger partial charge in [-0.15, -0.1) is 0 Å². The zero-order chi connectivity index (χ0) is 19.6. The molecular formula is C23H27NO4. The molecule has 1 fully saturated rings. The molecule has 28 heavy (non-hydrogen) atoms. The third-order valence-electron chi connectivity index (χ3n) is 4.96. The molecule has 0 spiro atoms. The van der Waals surface area contributed by atoms with Gasteiger partial charge in [-0.2, -0.15) is 0 Å². The summed E-state index contributed by atoms with van der Waals surface area (Å²) in [5.74, 6) is 1.42. The maximum absolute atomic E-state index is 12.0. The molecule has 0 aliphatic heterocycles.